The number of nitrogens with one attached hydrogen (secondary N) is 1. The van der Waals surface area contributed by atoms with Gasteiger partial charge in [0.2, 0.25) is 5.75 Å². The Balaban J connectivity index is 2.37. The Bertz CT molecular complexity index is 709. The second-order valence-electron chi connectivity index (χ2n) is 4.49. The molecule has 122 valence electrons. The van der Waals surface area contributed by atoms with Crippen molar-refractivity contribution in [1.29, 1.82) is 0 Å². The van der Waals surface area contributed by atoms with E-state index in [9.17, 15) is 4.79 Å². The molecule has 1 N–H and O–H groups in total. The predicted octanol–water partition coefficient (Wildman–Crippen LogP) is 4.49. The predicted molar refractivity (Wildman–Crippen MR) is 95.9 cm³/mol. The second kappa shape index (κ2) is 7.70. The van der Waals surface area contributed by atoms with Crippen LogP contribution in [-0.2, 0) is 0 Å². The fourth-order valence-electron chi connectivity index (χ4n) is 2.00. The monoisotopic (exact) mass is 443 g/mol. The summed E-state index contributed by atoms with van der Waals surface area (Å²) in [6, 6.07) is 8.72. The molecule has 23 heavy (non-hydrogen) atoms. The van der Waals surface area contributed by atoms with Crippen molar-refractivity contribution in [2.45, 2.75) is 0 Å². The smallest absolute Gasteiger partial charge is 0.255 e. The van der Waals surface area contributed by atoms with E-state index in [-0.39, 0.29) is 5.91 Å². The first-order valence-electron chi connectivity index (χ1n) is 6.56. The minimum atomic E-state index is -0.289. The van der Waals surface area contributed by atoms with Gasteiger partial charge in [-0.15, -0.1) is 0 Å². The number of anilines is 1. The minimum absolute atomic E-state index is 0.289. The van der Waals surface area contributed by atoms with Gasteiger partial charge in [-0.2, -0.15) is 0 Å². The van der Waals surface area contributed by atoms with Gasteiger partial charge in [0.25, 0.3) is 5.91 Å². The Morgan fingerprint density at radius 1 is 0.957 bits per heavy atom. The lowest BCUT2D eigenvalue weighted by atomic mass is 10.1. The Kier molecular flexibility index (Phi) is 5.90. The molecule has 1 amide bonds. The Hall–Kier alpha value is -1.73. The van der Waals surface area contributed by atoms with E-state index in [0.29, 0.717) is 28.5 Å². The summed E-state index contributed by atoms with van der Waals surface area (Å²) in [6.07, 6.45) is 0. The Labute approximate surface area is 151 Å². The van der Waals surface area contributed by atoms with Gasteiger partial charge in [0.05, 0.1) is 27.0 Å². The molecule has 0 bridgehead atoms. The van der Waals surface area contributed by atoms with Gasteiger partial charge >= 0.3 is 0 Å². The van der Waals surface area contributed by atoms with Crippen molar-refractivity contribution in [2.24, 2.45) is 0 Å². The van der Waals surface area contributed by atoms with Gasteiger partial charge in [-0.05, 0) is 46.3 Å². The maximum Gasteiger partial charge on any atom is 0.255 e. The average molecular weight is 445 g/mol. The van der Waals surface area contributed by atoms with Crippen LogP contribution in [0.2, 0.25) is 0 Å². The van der Waals surface area contributed by atoms with E-state index in [4.69, 9.17) is 14.2 Å². The first kappa shape index (κ1) is 17.6. The highest BCUT2D eigenvalue weighted by Gasteiger charge is 2.17. The molecule has 0 saturated carbocycles. The molecule has 0 spiro atoms. The van der Waals surface area contributed by atoms with Crippen LogP contribution in [0.15, 0.2) is 39.3 Å². The zero-order valence-electron chi connectivity index (χ0n) is 12.8. The van der Waals surface area contributed by atoms with Crippen molar-refractivity contribution < 1.29 is 19.0 Å². The summed E-state index contributed by atoms with van der Waals surface area (Å²) in [6.45, 7) is 0. The number of benzene rings is 2. The summed E-state index contributed by atoms with van der Waals surface area (Å²) < 4.78 is 17.4. The quantitative estimate of drug-likeness (QED) is 0.738. The largest absolute Gasteiger partial charge is 0.493 e. The first-order chi connectivity index (χ1) is 11.0. The number of carbonyl (C=O) groups excluding carboxylic acids is 1. The van der Waals surface area contributed by atoms with E-state index in [1.807, 2.05) is 12.1 Å². The zero-order chi connectivity index (χ0) is 17.0. The third-order valence-corrected chi connectivity index (χ3v) is 4.29. The summed E-state index contributed by atoms with van der Waals surface area (Å²) in [5.74, 6) is 0.994. The number of hydrogen-bond donors (Lipinski definition) is 1. The lowest BCUT2D eigenvalue weighted by Gasteiger charge is -2.14. The van der Waals surface area contributed by atoms with Crippen LogP contribution in [-0.4, -0.2) is 27.2 Å². The van der Waals surface area contributed by atoms with Crippen LogP contribution in [0.3, 0.4) is 0 Å². The van der Waals surface area contributed by atoms with Gasteiger partial charge in [0.1, 0.15) is 0 Å². The summed E-state index contributed by atoms with van der Waals surface area (Å²) in [5, 5.41) is 2.84. The van der Waals surface area contributed by atoms with E-state index < -0.39 is 0 Å². The number of rotatable bonds is 5. The van der Waals surface area contributed by atoms with Crippen molar-refractivity contribution in [3.63, 3.8) is 0 Å². The van der Waals surface area contributed by atoms with Gasteiger partial charge in [-0.1, -0.05) is 15.9 Å². The fourth-order valence-corrected chi connectivity index (χ4v) is 2.71. The van der Waals surface area contributed by atoms with Crippen LogP contribution in [0.1, 0.15) is 10.4 Å². The van der Waals surface area contributed by atoms with Crippen LogP contribution in [0, 0.1) is 0 Å². The molecule has 0 unspecified atom stereocenters. The van der Waals surface area contributed by atoms with E-state index in [2.05, 4.69) is 37.2 Å². The zero-order valence-corrected chi connectivity index (χ0v) is 15.9. The Morgan fingerprint density at radius 3 is 2.09 bits per heavy atom. The van der Waals surface area contributed by atoms with Crippen molar-refractivity contribution in [3.8, 4) is 17.2 Å². The molecular formula is C16H15Br2NO4. The maximum atomic E-state index is 12.5. The minimum Gasteiger partial charge on any atom is -0.493 e. The van der Waals surface area contributed by atoms with E-state index >= 15 is 0 Å². The summed E-state index contributed by atoms with van der Waals surface area (Å²) in [7, 11) is 4.52. The second-order valence-corrected chi connectivity index (χ2v) is 6.26. The summed E-state index contributed by atoms with van der Waals surface area (Å²) in [4.78, 5) is 12.5. The number of amides is 1. The number of halogens is 2. The Morgan fingerprint density at radius 2 is 1.57 bits per heavy atom. The normalized spacial score (nSPS) is 10.1. The molecule has 0 fully saturated rings. The van der Waals surface area contributed by atoms with Gasteiger partial charge < -0.3 is 19.5 Å². The van der Waals surface area contributed by atoms with Crippen LogP contribution in [0.25, 0.3) is 0 Å². The molecule has 0 radical (unpaired) electrons. The van der Waals surface area contributed by atoms with Gasteiger partial charge in [-0.3, -0.25) is 4.79 Å². The van der Waals surface area contributed by atoms with Gasteiger partial charge in [0.15, 0.2) is 11.5 Å². The number of carbonyl (C=O) groups is 1. The molecule has 0 saturated heterocycles. The highest BCUT2D eigenvalue weighted by atomic mass is 79.9. The van der Waals surface area contributed by atoms with Crippen LogP contribution >= 0.6 is 31.9 Å². The van der Waals surface area contributed by atoms with Crippen LogP contribution in [0.4, 0.5) is 5.69 Å². The van der Waals surface area contributed by atoms with E-state index in [0.717, 1.165) is 8.95 Å². The molecule has 7 heteroatoms. The molecular weight excluding hydrogens is 430 g/mol. The van der Waals surface area contributed by atoms with Crippen LogP contribution in [0.5, 0.6) is 17.2 Å². The third kappa shape index (κ3) is 3.97. The van der Waals surface area contributed by atoms with Gasteiger partial charge in [0, 0.05) is 14.5 Å². The van der Waals surface area contributed by atoms with E-state index in [1.165, 1.54) is 21.3 Å². The van der Waals surface area contributed by atoms with Crippen molar-refractivity contribution in [2.75, 3.05) is 26.6 Å². The molecule has 0 aliphatic rings. The first-order valence-corrected chi connectivity index (χ1v) is 8.15. The molecule has 2 rings (SSSR count). The third-order valence-electron chi connectivity index (χ3n) is 3.10. The molecule has 5 nitrogen and oxygen atoms in total. The lowest BCUT2D eigenvalue weighted by molar-refractivity contribution is 0.102. The number of methoxy groups -OCH3 is 3. The SMILES string of the molecule is COc1cc(C(=O)Nc2cc(Br)ccc2Br)cc(OC)c1OC. The van der Waals surface area contributed by atoms with Crippen molar-refractivity contribution >= 4 is 43.5 Å². The molecule has 2 aromatic carbocycles. The van der Waals surface area contributed by atoms with Crippen molar-refractivity contribution in [1.82, 2.24) is 0 Å². The number of ether oxygens (including phenoxy) is 3. The topological polar surface area (TPSA) is 56.8 Å². The van der Waals surface area contributed by atoms with Crippen molar-refractivity contribution in [3.05, 3.63) is 44.8 Å². The lowest BCUT2D eigenvalue weighted by Crippen LogP contribution is -2.13. The molecule has 0 aromatic heterocycles. The highest BCUT2D eigenvalue weighted by molar-refractivity contribution is 9.11. The fraction of sp³-hybridized carbons (Fsp3) is 0.188. The standard InChI is InChI=1S/C16H15Br2NO4/c1-21-13-6-9(7-14(22-2)15(13)23-3)16(20)19-12-8-10(17)4-5-11(12)18/h4-8H,1-3H3,(H,19,20). The molecule has 0 heterocycles. The summed E-state index contributed by atoms with van der Waals surface area (Å²) >= 11 is 6.78. The summed E-state index contributed by atoms with van der Waals surface area (Å²) in [5.41, 5.74) is 1.05. The molecule has 2 aromatic rings. The highest BCUT2D eigenvalue weighted by Crippen LogP contribution is 2.38. The average Bonchev–Trinajstić information content (AvgIpc) is 2.56. The molecule has 0 aliphatic carbocycles. The molecule has 0 atom stereocenters. The van der Waals surface area contributed by atoms with Gasteiger partial charge in [-0.25, -0.2) is 0 Å². The van der Waals surface area contributed by atoms with E-state index in [1.54, 1.807) is 18.2 Å². The molecule has 0 aliphatic heterocycles. The number of hydrogen-bond acceptors (Lipinski definition) is 4. The maximum absolute atomic E-state index is 12.5. The van der Waals surface area contributed by atoms with Crippen LogP contribution < -0.4 is 19.5 Å².